The zero-order valence-electron chi connectivity index (χ0n) is 20.7. The van der Waals surface area contributed by atoms with E-state index < -0.39 is 6.04 Å². The maximum Gasteiger partial charge on any atom is 0.242 e. The number of amides is 2. The molecule has 174 valence electrons. The zero-order chi connectivity index (χ0) is 23.7. The summed E-state index contributed by atoms with van der Waals surface area (Å²) in [4.78, 5) is 27.7. The Hall–Kier alpha value is -2.62. The Morgan fingerprint density at radius 2 is 1.56 bits per heavy atom. The van der Waals surface area contributed by atoms with Crippen molar-refractivity contribution in [2.45, 2.75) is 85.2 Å². The van der Waals surface area contributed by atoms with E-state index in [1.807, 2.05) is 38.1 Å². The second-order valence-corrected chi connectivity index (χ2v) is 9.77. The lowest BCUT2D eigenvalue weighted by Crippen LogP contribution is -2.47. The van der Waals surface area contributed by atoms with Crippen molar-refractivity contribution in [3.8, 4) is 0 Å². The Balaban J connectivity index is 2.09. The van der Waals surface area contributed by atoms with Gasteiger partial charge in [0, 0.05) is 19.5 Å². The third-order valence-corrected chi connectivity index (χ3v) is 5.92. The first kappa shape index (κ1) is 25.6. The normalized spacial score (nSPS) is 12.3. The third-order valence-electron chi connectivity index (χ3n) is 5.92. The summed E-state index contributed by atoms with van der Waals surface area (Å²) in [6, 6.07) is 16.1. The molecule has 0 aromatic heterocycles. The number of rotatable bonds is 10. The van der Waals surface area contributed by atoms with Gasteiger partial charge >= 0.3 is 0 Å². The molecule has 1 N–H and O–H groups in total. The molecule has 0 fully saturated rings. The van der Waals surface area contributed by atoms with E-state index in [4.69, 9.17) is 0 Å². The predicted octanol–water partition coefficient (Wildman–Crippen LogP) is 5.56. The molecular weight excluding hydrogens is 396 g/mol. The summed E-state index contributed by atoms with van der Waals surface area (Å²) in [5.41, 5.74) is 4.75. The number of hydrogen-bond acceptors (Lipinski definition) is 2. The highest BCUT2D eigenvalue weighted by Gasteiger charge is 2.25. The fourth-order valence-corrected chi connectivity index (χ4v) is 3.58. The number of nitrogens with one attached hydrogen (secondary N) is 1. The largest absolute Gasteiger partial charge is 0.354 e. The summed E-state index contributed by atoms with van der Waals surface area (Å²) >= 11 is 0. The number of benzene rings is 2. The van der Waals surface area contributed by atoms with Crippen molar-refractivity contribution in [1.82, 2.24) is 10.2 Å². The second-order valence-electron chi connectivity index (χ2n) is 9.77. The van der Waals surface area contributed by atoms with Gasteiger partial charge in [0.25, 0.3) is 0 Å². The molecule has 0 radical (unpaired) electrons. The summed E-state index contributed by atoms with van der Waals surface area (Å²) in [5, 5.41) is 2.97. The maximum absolute atomic E-state index is 13.2. The minimum atomic E-state index is -0.510. The smallest absolute Gasteiger partial charge is 0.242 e. The van der Waals surface area contributed by atoms with Crippen molar-refractivity contribution in [2.75, 3.05) is 6.54 Å². The maximum atomic E-state index is 13.2. The van der Waals surface area contributed by atoms with Gasteiger partial charge in [0.1, 0.15) is 6.04 Å². The third kappa shape index (κ3) is 7.81. The first-order valence-electron chi connectivity index (χ1n) is 11.8. The average molecular weight is 437 g/mol. The van der Waals surface area contributed by atoms with Crippen molar-refractivity contribution >= 4 is 11.8 Å². The average Bonchev–Trinajstić information content (AvgIpc) is 2.76. The fraction of sp³-hybridized carbons (Fsp3) is 0.500. The van der Waals surface area contributed by atoms with E-state index in [0.717, 1.165) is 24.0 Å². The van der Waals surface area contributed by atoms with Gasteiger partial charge in [-0.15, -0.1) is 0 Å². The first-order valence-corrected chi connectivity index (χ1v) is 11.8. The molecule has 0 aliphatic rings. The molecule has 1 atom stereocenters. The molecule has 0 bridgehead atoms. The zero-order valence-corrected chi connectivity index (χ0v) is 20.7. The molecule has 4 heteroatoms. The van der Waals surface area contributed by atoms with E-state index in [-0.39, 0.29) is 17.2 Å². The van der Waals surface area contributed by atoms with Crippen molar-refractivity contribution in [2.24, 2.45) is 0 Å². The molecule has 0 saturated carbocycles. The molecule has 0 aliphatic carbocycles. The van der Waals surface area contributed by atoms with Gasteiger partial charge in [-0.25, -0.2) is 0 Å². The van der Waals surface area contributed by atoms with Crippen molar-refractivity contribution in [1.29, 1.82) is 0 Å². The molecule has 4 nitrogen and oxygen atoms in total. The summed E-state index contributed by atoms with van der Waals surface area (Å²) in [6.45, 7) is 13.6. The second kappa shape index (κ2) is 11.8. The van der Waals surface area contributed by atoms with Gasteiger partial charge in [0.15, 0.2) is 0 Å². The van der Waals surface area contributed by atoms with Crippen LogP contribution in [-0.4, -0.2) is 29.3 Å². The van der Waals surface area contributed by atoms with E-state index in [1.165, 1.54) is 11.1 Å². The molecule has 0 saturated heterocycles. The van der Waals surface area contributed by atoms with Crippen LogP contribution in [0, 0.1) is 6.92 Å². The lowest BCUT2D eigenvalue weighted by atomic mass is 9.86. The van der Waals surface area contributed by atoms with Crippen LogP contribution >= 0.6 is 0 Å². The number of aryl methyl sites for hydroxylation is 2. The monoisotopic (exact) mass is 436 g/mol. The van der Waals surface area contributed by atoms with Crippen LogP contribution in [0.25, 0.3) is 0 Å². The summed E-state index contributed by atoms with van der Waals surface area (Å²) in [6.07, 6.45) is 3.01. The minimum Gasteiger partial charge on any atom is -0.354 e. The SMILES string of the molecule is CCCCNC(=O)C(C)N(Cc1ccc(C)cc1)C(=O)CCc1ccc(C(C)(C)C)cc1. The van der Waals surface area contributed by atoms with Gasteiger partial charge < -0.3 is 10.2 Å². The predicted molar refractivity (Wildman–Crippen MR) is 133 cm³/mol. The van der Waals surface area contributed by atoms with Crippen LogP contribution in [0.3, 0.4) is 0 Å². The summed E-state index contributed by atoms with van der Waals surface area (Å²) < 4.78 is 0. The van der Waals surface area contributed by atoms with Crippen molar-refractivity contribution in [3.63, 3.8) is 0 Å². The molecule has 2 rings (SSSR count). The highest BCUT2D eigenvalue weighted by atomic mass is 16.2. The quantitative estimate of drug-likeness (QED) is 0.496. The Bertz CT molecular complexity index is 864. The van der Waals surface area contributed by atoms with Crippen LogP contribution in [-0.2, 0) is 28.0 Å². The Morgan fingerprint density at radius 1 is 0.969 bits per heavy atom. The number of nitrogens with zero attached hydrogens (tertiary/aromatic N) is 1. The van der Waals surface area contributed by atoms with Crippen LogP contribution in [0.2, 0.25) is 0 Å². The summed E-state index contributed by atoms with van der Waals surface area (Å²) in [7, 11) is 0. The van der Waals surface area contributed by atoms with Crippen molar-refractivity contribution < 1.29 is 9.59 Å². The Kier molecular flexibility index (Phi) is 9.49. The summed E-state index contributed by atoms with van der Waals surface area (Å²) in [5.74, 6) is -0.0861. The van der Waals surface area contributed by atoms with E-state index in [2.05, 4.69) is 57.3 Å². The van der Waals surface area contributed by atoms with Gasteiger partial charge in [-0.1, -0.05) is 88.2 Å². The van der Waals surface area contributed by atoms with Crippen LogP contribution in [0.1, 0.15) is 76.1 Å². The van der Waals surface area contributed by atoms with E-state index in [9.17, 15) is 9.59 Å². The minimum absolute atomic E-state index is 0.00335. The van der Waals surface area contributed by atoms with Gasteiger partial charge in [-0.05, 0) is 48.8 Å². The van der Waals surface area contributed by atoms with Crippen LogP contribution in [0.15, 0.2) is 48.5 Å². The Morgan fingerprint density at radius 3 is 2.12 bits per heavy atom. The van der Waals surface area contributed by atoms with E-state index in [1.54, 1.807) is 4.90 Å². The highest BCUT2D eigenvalue weighted by Crippen LogP contribution is 2.22. The highest BCUT2D eigenvalue weighted by molar-refractivity contribution is 5.87. The topological polar surface area (TPSA) is 49.4 Å². The van der Waals surface area contributed by atoms with Gasteiger partial charge in [0.2, 0.25) is 11.8 Å². The molecule has 0 aliphatic heterocycles. The number of carbonyl (C=O) groups excluding carboxylic acids is 2. The molecule has 1 unspecified atom stereocenters. The molecule has 0 heterocycles. The molecule has 2 aromatic carbocycles. The molecule has 0 spiro atoms. The van der Waals surface area contributed by atoms with Crippen LogP contribution < -0.4 is 5.32 Å². The van der Waals surface area contributed by atoms with Crippen molar-refractivity contribution in [3.05, 3.63) is 70.8 Å². The number of unbranched alkanes of at least 4 members (excludes halogenated alkanes) is 1. The lowest BCUT2D eigenvalue weighted by molar-refractivity contribution is -0.140. The standard InChI is InChI=1S/C28H40N2O2/c1-7-8-19-29-27(32)22(3)30(20-24-11-9-21(2)10-12-24)26(31)18-15-23-13-16-25(17-14-23)28(4,5)6/h9-14,16-17,22H,7-8,15,18-20H2,1-6H3,(H,29,32). The molecule has 2 amide bonds. The molecule has 2 aromatic rings. The van der Waals surface area contributed by atoms with Crippen LogP contribution in [0.4, 0.5) is 0 Å². The Labute approximate surface area is 194 Å². The van der Waals surface area contributed by atoms with Gasteiger partial charge in [-0.3, -0.25) is 9.59 Å². The lowest BCUT2D eigenvalue weighted by Gasteiger charge is -2.29. The van der Waals surface area contributed by atoms with Gasteiger partial charge in [-0.2, -0.15) is 0 Å². The van der Waals surface area contributed by atoms with Crippen LogP contribution in [0.5, 0.6) is 0 Å². The van der Waals surface area contributed by atoms with Gasteiger partial charge in [0.05, 0.1) is 0 Å². The number of hydrogen-bond donors (Lipinski definition) is 1. The fourth-order valence-electron chi connectivity index (χ4n) is 3.58. The van der Waals surface area contributed by atoms with E-state index in [0.29, 0.717) is 25.9 Å². The molecular formula is C28H40N2O2. The molecule has 32 heavy (non-hydrogen) atoms. The first-order chi connectivity index (χ1) is 15.1. The van der Waals surface area contributed by atoms with E-state index >= 15 is 0 Å². The number of carbonyl (C=O) groups is 2.